The maximum absolute atomic E-state index is 15.8. The van der Waals surface area contributed by atoms with Crippen molar-refractivity contribution in [2.75, 3.05) is 31.1 Å². The van der Waals surface area contributed by atoms with Gasteiger partial charge < -0.3 is 14.4 Å². The predicted molar refractivity (Wildman–Crippen MR) is 145 cm³/mol. The zero-order chi connectivity index (χ0) is 27.3. The van der Waals surface area contributed by atoms with Gasteiger partial charge in [-0.15, -0.1) is 0 Å². The second-order valence-corrected chi connectivity index (χ2v) is 10.6. The zero-order valence-electron chi connectivity index (χ0n) is 21.8. The van der Waals surface area contributed by atoms with Crippen LogP contribution in [0, 0.1) is 24.4 Å². The molecule has 0 amide bonds. The van der Waals surface area contributed by atoms with Gasteiger partial charge in [0.15, 0.2) is 11.6 Å². The van der Waals surface area contributed by atoms with Crippen LogP contribution in [0.25, 0.3) is 33.4 Å². The first kappa shape index (κ1) is 25.5. The summed E-state index contributed by atoms with van der Waals surface area (Å²) >= 11 is 0. The highest BCUT2D eigenvalue weighted by Gasteiger charge is 2.32. The normalized spacial score (nSPS) is 16.3. The fourth-order valence-electron chi connectivity index (χ4n) is 6.05. The maximum Gasteiger partial charge on any atom is 0.339 e. The van der Waals surface area contributed by atoms with Crippen LogP contribution in [-0.2, 0) is 0 Å². The van der Waals surface area contributed by atoms with E-state index in [-0.39, 0.29) is 5.56 Å². The van der Waals surface area contributed by atoms with E-state index in [1.807, 2.05) is 24.3 Å². The van der Waals surface area contributed by atoms with E-state index in [4.69, 9.17) is 4.42 Å². The maximum atomic E-state index is 15.8. The number of carboxylic acids is 1. The zero-order valence-corrected chi connectivity index (χ0v) is 21.8. The van der Waals surface area contributed by atoms with E-state index in [2.05, 4.69) is 9.48 Å². The van der Waals surface area contributed by atoms with Gasteiger partial charge in [0.1, 0.15) is 35.8 Å². The molecule has 0 radical (unpaired) electrons. The molecule has 0 saturated carbocycles. The van der Waals surface area contributed by atoms with Crippen molar-refractivity contribution in [1.29, 1.82) is 0 Å². The smallest absolute Gasteiger partial charge is 0.339 e. The summed E-state index contributed by atoms with van der Waals surface area (Å²) < 4.78 is 54.1. The van der Waals surface area contributed by atoms with Crippen molar-refractivity contribution in [2.45, 2.75) is 45.4 Å². The SMILES string of the molecule is Cc1c(F)c(F)c(C(=O)O)c(-c2c3ccc(=[N+]4CCCCC4)cc-3oc3cc(N4CCCCC4)ccc23)c1F. The number of hydrogen-bond donors (Lipinski definition) is 1. The number of rotatable bonds is 3. The lowest BCUT2D eigenvalue weighted by Crippen LogP contribution is -2.34. The third-order valence-corrected chi connectivity index (χ3v) is 8.14. The molecular weight excluding hydrogens is 505 g/mol. The highest BCUT2D eigenvalue weighted by molar-refractivity contribution is 6.08. The number of halogens is 3. The van der Waals surface area contributed by atoms with Gasteiger partial charge in [0.2, 0.25) is 5.36 Å². The molecule has 2 fully saturated rings. The molecule has 0 atom stereocenters. The standard InChI is InChI=1S/C31H29F3N2O3/c1-18-28(32)26(27(31(37)38)30(34)29(18)33)25-21-10-8-19(35-12-4-2-5-13-35)16-23(21)39-24-17-20(9-11-22(24)25)36-14-6-3-7-15-36/h8-11,16-17H,2-7,12-15H2,1H3/p+1. The van der Waals surface area contributed by atoms with Crippen LogP contribution >= 0.6 is 0 Å². The van der Waals surface area contributed by atoms with Crippen LogP contribution in [0.4, 0.5) is 18.9 Å². The average Bonchev–Trinajstić information content (AvgIpc) is 2.97. The molecule has 2 aromatic carbocycles. The summed E-state index contributed by atoms with van der Waals surface area (Å²) in [6.07, 6.45) is 6.68. The Labute approximate surface area is 224 Å². The van der Waals surface area contributed by atoms with E-state index < -0.39 is 40.1 Å². The van der Waals surface area contributed by atoms with Crippen LogP contribution in [0.2, 0.25) is 0 Å². The first-order chi connectivity index (χ1) is 18.8. The van der Waals surface area contributed by atoms with Crippen molar-refractivity contribution in [1.82, 2.24) is 4.58 Å². The number of carbonyl (C=O) groups is 1. The molecule has 5 nitrogen and oxygen atoms in total. The molecular formula is C31H30F3N2O3+. The van der Waals surface area contributed by atoms with Gasteiger partial charge in [-0.05, 0) is 50.8 Å². The van der Waals surface area contributed by atoms with E-state index in [0.29, 0.717) is 22.3 Å². The second-order valence-electron chi connectivity index (χ2n) is 10.6. The molecule has 0 bridgehead atoms. The van der Waals surface area contributed by atoms with Gasteiger partial charge in [-0.25, -0.2) is 22.5 Å². The number of piperidine rings is 2. The van der Waals surface area contributed by atoms with Crippen LogP contribution in [0.15, 0.2) is 40.8 Å². The van der Waals surface area contributed by atoms with E-state index >= 15 is 8.78 Å². The minimum Gasteiger partial charge on any atom is -0.478 e. The van der Waals surface area contributed by atoms with Crippen molar-refractivity contribution >= 4 is 22.6 Å². The summed E-state index contributed by atoms with van der Waals surface area (Å²) in [4.78, 5) is 14.5. The highest BCUT2D eigenvalue weighted by Crippen LogP contribution is 2.44. The summed E-state index contributed by atoms with van der Waals surface area (Å²) in [5.74, 6) is -5.48. The van der Waals surface area contributed by atoms with E-state index in [1.165, 1.54) is 12.8 Å². The second kappa shape index (κ2) is 10.1. The van der Waals surface area contributed by atoms with Gasteiger partial charge in [0.25, 0.3) is 0 Å². The van der Waals surface area contributed by atoms with Gasteiger partial charge in [0.05, 0.1) is 6.07 Å². The van der Waals surface area contributed by atoms with Gasteiger partial charge in [-0.3, -0.25) is 0 Å². The third-order valence-electron chi connectivity index (χ3n) is 8.14. The third kappa shape index (κ3) is 4.36. The molecule has 8 heteroatoms. The van der Waals surface area contributed by atoms with E-state index in [9.17, 15) is 14.3 Å². The number of fused-ring (bicyclic) bond motifs is 2. The lowest BCUT2D eigenvalue weighted by atomic mass is 9.88. The molecule has 2 aromatic rings. The molecule has 0 unspecified atom stereocenters. The summed E-state index contributed by atoms with van der Waals surface area (Å²) in [7, 11) is 0. The molecule has 39 heavy (non-hydrogen) atoms. The summed E-state index contributed by atoms with van der Waals surface area (Å²) in [5, 5.41) is 11.3. The van der Waals surface area contributed by atoms with Crippen molar-refractivity contribution < 1.29 is 27.5 Å². The summed E-state index contributed by atoms with van der Waals surface area (Å²) in [6.45, 7) is 4.75. The highest BCUT2D eigenvalue weighted by atomic mass is 19.2. The molecule has 1 aliphatic carbocycles. The van der Waals surface area contributed by atoms with Gasteiger partial charge >= 0.3 is 5.97 Å². The Morgan fingerprint density at radius 3 is 2.31 bits per heavy atom. The monoisotopic (exact) mass is 535 g/mol. The molecule has 2 saturated heterocycles. The Kier molecular flexibility index (Phi) is 6.57. The lowest BCUT2D eigenvalue weighted by molar-refractivity contribution is 0.0691. The topological polar surface area (TPSA) is 56.7 Å². The van der Waals surface area contributed by atoms with Crippen molar-refractivity contribution in [3.8, 4) is 22.5 Å². The Bertz CT molecular complexity index is 1650. The fraction of sp³-hybridized carbons (Fsp3) is 0.355. The van der Waals surface area contributed by atoms with Crippen LogP contribution in [0.1, 0.15) is 54.4 Å². The molecule has 0 spiro atoms. The Balaban J connectivity index is 1.70. The molecule has 0 aromatic heterocycles. The van der Waals surface area contributed by atoms with E-state index in [0.717, 1.165) is 69.8 Å². The van der Waals surface area contributed by atoms with Gasteiger partial charge in [-0.2, -0.15) is 0 Å². The van der Waals surface area contributed by atoms with Crippen LogP contribution in [0.3, 0.4) is 0 Å². The molecule has 3 heterocycles. The van der Waals surface area contributed by atoms with Crippen molar-refractivity contribution in [2.24, 2.45) is 0 Å². The van der Waals surface area contributed by atoms with Crippen LogP contribution < -0.4 is 14.8 Å². The number of benzene rings is 3. The molecule has 202 valence electrons. The minimum atomic E-state index is -1.74. The summed E-state index contributed by atoms with van der Waals surface area (Å²) in [5.41, 5.74) is -0.0760. The average molecular weight is 536 g/mol. The Morgan fingerprint density at radius 2 is 1.59 bits per heavy atom. The fourth-order valence-corrected chi connectivity index (χ4v) is 6.05. The Hall–Kier alpha value is -3.81. The van der Waals surface area contributed by atoms with E-state index in [1.54, 1.807) is 12.1 Å². The molecule has 1 N–H and O–H groups in total. The van der Waals surface area contributed by atoms with Crippen LogP contribution in [-0.4, -0.2) is 37.3 Å². The molecule has 3 aliphatic heterocycles. The van der Waals surface area contributed by atoms with Crippen LogP contribution in [0.5, 0.6) is 0 Å². The largest absolute Gasteiger partial charge is 0.478 e. The first-order valence-electron chi connectivity index (χ1n) is 13.6. The summed E-state index contributed by atoms with van der Waals surface area (Å²) in [6, 6.07) is 11.1. The van der Waals surface area contributed by atoms with Gasteiger partial charge in [0, 0.05) is 71.4 Å². The quantitative estimate of drug-likeness (QED) is 0.183. The molecule has 4 aliphatic rings. The predicted octanol–water partition coefficient (Wildman–Crippen LogP) is 6.57. The van der Waals surface area contributed by atoms with Crippen molar-refractivity contribution in [3.63, 3.8) is 0 Å². The minimum absolute atomic E-state index is 0.179. The Morgan fingerprint density at radius 1 is 0.872 bits per heavy atom. The first-order valence-corrected chi connectivity index (χ1v) is 13.6. The number of aromatic carboxylic acids is 1. The lowest BCUT2D eigenvalue weighted by Gasteiger charge is -2.29. The molecule has 6 rings (SSSR count). The van der Waals surface area contributed by atoms with Gasteiger partial charge in [-0.1, -0.05) is 0 Å². The number of carboxylic acid groups (broad SMARTS) is 1. The number of anilines is 1. The number of hydrogen-bond acceptors (Lipinski definition) is 3. The number of nitrogens with zero attached hydrogens (tertiary/aromatic N) is 2. The van der Waals surface area contributed by atoms with Crippen molar-refractivity contribution in [3.05, 3.63) is 70.3 Å².